The maximum absolute atomic E-state index is 5.97. The normalized spacial score (nSPS) is 15.3. The molecule has 0 aliphatic carbocycles. The van der Waals surface area contributed by atoms with Crippen LogP contribution in [-0.2, 0) is 19.4 Å². The highest BCUT2D eigenvalue weighted by Crippen LogP contribution is 2.35. The van der Waals surface area contributed by atoms with Gasteiger partial charge in [0.1, 0.15) is 12.4 Å². The van der Waals surface area contributed by atoms with E-state index in [1.54, 1.807) is 10.4 Å². The van der Waals surface area contributed by atoms with Crippen molar-refractivity contribution in [2.75, 3.05) is 20.1 Å². The molecule has 1 aliphatic heterocycles. The Morgan fingerprint density at radius 3 is 2.74 bits per heavy atom. The number of ether oxygens (including phenoxy) is 1. The summed E-state index contributed by atoms with van der Waals surface area (Å²) in [6.07, 6.45) is 2.33. The number of thiophene rings is 1. The number of hydrogen-bond acceptors (Lipinski definition) is 3. The molecule has 23 heavy (non-hydrogen) atoms. The molecule has 1 aromatic heterocycles. The summed E-state index contributed by atoms with van der Waals surface area (Å²) in [5.74, 6) is 0.967. The molecule has 0 atom stereocenters. The van der Waals surface area contributed by atoms with Crippen molar-refractivity contribution in [1.29, 1.82) is 0 Å². The summed E-state index contributed by atoms with van der Waals surface area (Å²) >= 11 is 1.94. The summed E-state index contributed by atoms with van der Waals surface area (Å²) in [4.78, 5) is 3.99. The summed E-state index contributed by atoms with van der Waals surface area (Å²) in [6.45, 7) is 2.95. The van der Waals surface area contributed by atoms with E-state index in [1.165, 1.54) is 22.1 Å². The number of rotatable bonds is 3. The number of likely N-dealkylation sites (N-methyl/N-ethyl adjacent to an activating group) is 1. The van der Waals surface area contributed by atoms with E-state index in [-0.39, 0.29) is 0 Å². The minimum atomic E-state index is 0.627. The van der Waals surface area contributed by atoms with Crippen molar-refractivity contribution in [1.82, 2.24) is 4.90 Å². The molecule has 2 heterocycles. The van der Waals surface area contributed by atoms with Gasteiger partial charge in [0, 0.05) is 22.7 Å². The lowest BCUT2D eigenvalue weighted by Gasteiger charge is -2.11. The van der Waals surface area contributed by atoms with Crippen molar-refractivity contribution in [2.45, 2.75) is 19.4 Å². The second-order valence-corrected chi connectivity index (χ2v) is 7.38. The van der Waals surface area contributed by atoms with E-state index in [4.69, 9.17) is 4.74 Å². The van der Waals surface area contributed by atoms with E-state index in [0.29, 0.717) is 6.61 Å². The average molecular weight is 323 g/mol. The van der Waals surface area contributed by atoms with Gasteiger partial charge in [-0.3, -0.25) is 0 Å². The van der Waals surface area contributed by atoms with Gasteiger partial charge in [0.2, 0.25) is 0 Å². The Bertz CT molecular complexity index is 809. The van der Waals surface area contributed by atoms with Gasteiger partial charge in [-0.25, -0.2) is 0 Å². The number of hydrogen-bond donors (Lipinski definition) is 0. The predicted octanol–water partition coefficient (Wildman–Crippen LogP) is 4.51. The van der Waals surface area contributed by atoms with Crippen LogP contribution in [0.2, 0.25) is 0 Å². The van der Waals surface area contributed by atoms with E-state index in [2.05, 4.69) is 54.4 Å². The van der Waals surface area contributed by atoms with Crippen molar-refractivity contribution < 1.29 is 4.74 Å². The molecule has 118 valence electrons. The van der Waals surface area contributed by atoms with Gasteiger partial charge in [-0.1, -0.05) is 30.3 Å². The first kappa shape index (κ1) is 14.7. The lowest BCUT2D eigenvalue weighted by molar-refractivity contribution is 0.306. The van der Waals surface area contributed by atoms with Crippen LogP contribution in [0, 0.1) is 0 Å². The van der Waals surface area contributed by atoms with Gasteiger partial charge >= 0.3 is 0 Å². The van der Waals surface area contributed by atoms with Crippen LogP contribution in [0.3, 0.4) is 0 Å². The first-order valence-electron chi connectivity index (χ1n) is 8.19. The van der Waals surface area contributed by atoms with Gasteiger partial charge in [0.25, 0.3) is 0 Å². The van der Waals surface area contributed by atoms with E-state index >= 15 is 0 Å². The smallest absolute Gasteiger partial charge is 0.121 e. The molecule has 1 aliphatic rings. The zero-order valence-corrected chi connectivity index (χ0v) is 14.2. The Hall–Kier alpha value is -1.84. The molecule has 2 nitrogen and oxygen atoms in total. The van der Waals surface area contributed by atoms with Crippen LogP contribution in [0.4, 0.5) is 0 Å². The first-order chi connectivity index (χ1) is 11.3. The predicted molar refractivity (Wildman–Crippen MR) is 97.5 cm³/mol. The molecular weight excluding hydrogens is 302 g/mol. The lowest BCUT2D eigenvalue weighted by Crippen LogP contribution is -2.20. The third kappa shape index (κ3) is 3.12. The Balaban J connectivity index is 1.57. The largest absolute Gasteiger partial charge is 0.489 e. The van der Waals surface area contributed by atoms with Crippen LogP contribution in [0.15, 0.2) is 48.5 Å². The molecule has 0 saturated carbocycles. The van der Waals surface area contributed by atoms with Gasteiger partial charge in [-0.05, 0) is 54.6 Å². The Morgan fingerprint density at radius 1 is 1.04 bits per heavy atom. The Labute approximate surface area is 141 Å². The van der Waals surface area contributed by atoms with Gasteiger partial charge in [0.05, 0.1) is 0 Å². The summed E-state index contributed by atoms with van der Waals surface area (Å²) in [5, 5.41) is 1.42. The zero-order valence-electron chi connectivity index (χ0n) is 13.4. The number of nitrogens with zero attached hydrogens (tertiary/aromatic N) is 1. The minimum absolute atomic E-state index is 0.627. The fraction of sp³-hybridized carbons (Fsp3) is 0.300. The summed E-state index contributed by atoms with van der Waals surface area (Å²) in [7, 11) is 2.22. The van der Waals surface area contributed by atoms with Crippen LogP contribution in [-0.4, -0.2) is 25.0 Å². The summed E-state index contributed by atoms with van der Waals surface area (Å²) < 4.78 is 7.34. The van der Waals surface area contributed by atoms with Crippen molar-refractivity contribution >= 4 is 21.4 Å². The van der Waals surface area contributed by atoms with E-state index in [1.807, 2.05) is 17.4 Å². The lowest BCUT2D eigenvalue weighted by atomic mass is 10.1. The van der Waals surface area contributed by atoms with Gasteiger partial charge in [0.15, 0.2) is 0 Å². The number of fused-ring (bicyclic) bond motifs is 3. The fourth-order valence-electron chi connectivity index (χ4n) is 3.19. The van der Waals surface area contributed by atoms with E-state index in [0.717, 1.165) is 25.3 Å². The Morgan fingerprint density at radius 2 is 1.87 bits per heavy atom. The van der Waals surface area contributed by atoms with E-state index < -0.39 is 0 Å². The van der Waals surface area contributed by atoms with Crippen LogP contribution in [0.25, 0.3) is 10.1 Å². The molecule has 0 bridgehead atoms. The third-order valence-electron chi connectivity index (χ3n) is 4.56. The second kappa shape index (κ2) is 6.34. The summed E-state index contributed by atoms with van der Waals surface area (Å²) in [5.41, 5.74) is 2.77. The average Bonchev–Trinajstić information content (AvgIpc) is 2.83. The van der Waals surface area contributed by atoms with Gasteiger partial charge in [-0.2, -0.15) is 0 Å². The van der Waals surface area contributed by atoms with Crippen molar-refractivity contribution in [2.24, 2.45) is 0 Å². The quantitative estimate of drug-likeness (QED) is 0.703. The molecule has 2 aromatic carbocycles. The Kier molecular flexibility index (Phi) is 4.06. The molecule has 0 amide bonds. The molecule has 0 fully saturated rings. The molecule has 0 spiro atoms. The second-order valence-electron chi connectivity index (χ2n) is 6.24. The number of benzene rings is 2. The third-order valence-corrected chi connectivity index (χ3v) is 5.81. The zero-order chi connectivity index (χ0) is 15.6. The molecule has 0 unspecified atom stereocenters. The van der Waals surface area contributed by atoms with Crippen molar-refractivity contribution in [3.63, 3.8) is 0 Å². The SMILES string of the molecule is CN1CCc2sc3cc(OCc4ccccc4)ccc3c2CC1. The molecular formula is C20H21NOS. The van der Waals surface area contributed by atoms with Gasteiger partial charge in [-0.15, -0.1) is 11.3 Å². The highest BCUT2D eigenvalue weighted by atomic mass is 32.1. The fourth-order valence-corrected chi connectivity index (χ4v) is 4.46. The molecule has 3 aromatic rings. The minimum Gasteiger partial charge on any atom is -0.489 e. The van der Waals surface area contributed by atoms with E-state index in [9.17, 15) is 0 Å². The molecule has 3 heteroatoms. The van der Waals surface area contributed by atoms with Crippen LogP contribution in [0.1, 0.15) is 16.0 Å². The maximum atomic E-state index is 5.97. The topological polar surface area (TPSA) is 12.5 Å². The highest BCUT2D eigenvalue weighted by molar-refractivity contribution is 7.19. The molecule has 0 N–H and O–H groups in total. The van der Waals surface area contributed by atoms with Crippen LogP contribution < -0.4 is 4.74 Å². The standard InChI is InChI=1S/C20H21NOS/c1-21-11-9-18-17-8-7-16(13-20(17)23-19(18)10-12-21)22-14-15-5-3-2-4-6-15/h2-8,13H,9-12,14H2,1H3. The van der Waals surface area contributed by atoms with Crippen LogP contribution in [0.5, 0.6) is 5.75 Å². The van der Waals surface area contributed by atoms with Crippen LogP contribution >= 0.6 is 11.3 Å². The summed E-state index contributed by atoms with van der Waals surface area (Å²) in [6, 6.07) is 16.9. The highest BCUT2D eigenvalue weighted by Gasteiger charge is 2.17. The maximum Gasteiger partial charge on any atom is 0.121 e. The first-order valence-corrected chi connectivity index (χ1v) is 9.01. The van der Waals surface area contributed by atoms with Gasteiger partial charge < -0.3 is 9.64 Å². The monoisotopic (exact) mass is 323 g/mol. The molecule has 4 rings (SSSR count). The van der Waals surface area contributed by atoms with Crippen molar-refractivity contribution in [3.05, 3.63) is 64.5 Å². The molecule has 0 radical (unpaired) electrons. The van der Waals surface area contributed by atoms with Crippen molar-refractivity contribution in [3.8, 4) is 5.75 Å². The molecule has 0 saturated heterocycles.